The molecule has 0 saturated heterocycles. The third-order valence-electron chi connectivity index (χ3n) is 2.64. The average Bonchev–Trinajstić information content (AvgIpc) is 2.85. The summed E-state index contributed by atoms with van der Waals surface area (Å²) in [5.74, 6) is 0.0171. The van der Waals surface area contributed by atoms with Crippen molar-refractivity contribution in [3.8, 4) is 5.69 Å². The summed E-state index contributed by atoms with van der Waals surface area (Å²) < 4.78 is 30.0. The van der Waals surface area contributed by atoms with E-state index >= 15 is 0 Å². The van der Waals surface area contributed by atoms with Crippen molar-refractivity contribution in [1.82, 2.24) is 9.78 Å². The Bertz CT molecular complexity index is 620. The van der Waals surface area contributed by atoms with Gasteiger partial charge in [0.05, 0.1) is 30.0 Å². The SMILES string of the molecule is COCCS(=O)(=O)Cc1cnn(-c2ccccc2)c1. The van der Waals surface area contributed by atoms with E-state index in [1.54, 1.807) is 17.1 Å². The number of methoxy groups -OCH3 is 1. The first-order chi connectivity index (χ1) is 9.11. The van der Waals surface area contributed by atoms with Gasteiger partial charge in [0.25, 0.3) is 0 Å². The van der Waals surface area contributed by atoms with Crippen molar-refractivity contribution in [2.75, 3.05) is 19.5 Å². The number of benzene rings is 1. The van der Waals surface area contributed by atoms with Crippen LogP contribution >= 0.6 is 0 Å². The normalized spacial score (nSPS) is 11.6. The number of sulfone groups is 1. The zero-order valence-corrected chi connectivity index (χ0v) is 11.5. The molecule has 1 aromatic heterocycles. The molecule has 2 aromatic rings. The van der Waals surface area contributed by atoms with Gasteiger partial charge in [-0.15, -0.1) is 0 Å². The van der Waals surface area contributed by atoms with Gasteiger partial charge < -0.3 is 4.74 Å². The van der Waals surface area contributed by atoms with Crippen LogP contribution in [0.4, 0.5) is 0 Å². The molecule has 0 aliphatic carbocycles. The molecule has 0 fully saturated rings. The van der Waals surface area contributed by atoms with Crippen LogP contribution in [0.15, 0.2) is 42.7 Å². The quantitative estimate of drug-likeness (QED) is 0.803. The number of ether oxygens (including phenoxy) is 1. The summed E-state index contributed by atoms with van der Waals surface area (Å²) in [6.45, 7) is 0.217. The molecule has 1 heterocycles. The molecule has 2 rings (SSSR count). The summed E-state index contributed by atoms with van der Waals surface area (Å²) in [4.78, 5) is 0. The molecule has 0 spiro atoms. The van der Waals surface area contributed by atoms with E-state index in [4.69, 9.17) is 4.74 Å². The van der Waals surface area contributed by atoms with Crippen molar-refractivity contribution >= 4 is 9.84 Å². The lowest BCUT2D eigenvalue weighted by molar-refractivity contribution is 0.217. The van der Waals surface area contributed by atoms with Gasteiger partial charge in [0.2, 0.25) is 0 Å². The van der Waals surface area contributed by atoms with Gasteiger partial charge in [-0.25, -0.2) is 13.1 Å². The fourth-order valence-corrected chi connectivity index (χ4v) is 2.91. The summed E-state index contributed by atoms with van der Waals surface area (Å²) in [5, 5.41) is 4.17. The second kappa shape index (κ2) is 5.99. The molecule has 0 radical (unpaired) electrons. The highest BCUT2D eigenvalue weighted by atomic mass is 32.2. The molecule has 6 heteroatoms. The summed E-state index contributed by atoms with van der Waals surface area (Å²) in [7, 11) is -1.65. The van der Waals surface area contributed by atoms with Gasteiger partial charge in [0.15, 0.2) is 9.84 Å². The van der Waals surface area contributed by atoms with E-state index in [0.717, 1.165) is 5.69 Å². The van der Waals surface area contributed by atoms with Crippen molar-refractivity contribution < 1.29 is 13.2 Å². The summed E-state index contributed by atoms with van der Waals surface area (Å²) in [5.41, 5.74) is 1.59. The molecule has 0 aliphatic rings. The van der Waals surface area contributed by atoms with Gasteiger partial charge in [-0.1, -0.05) is 18.2 Å². The zero-order chi connectivity index (χ0) is 13.7. The van der Waals surface area contributed by atoms with Crippen LogP contribution in [0.2, 0.25) is 0 Å². The molecule has 5 nitrogen and oxygen atoms in total. The number of para-hydroxylation sites is 1. The molecule has 0 bridgehead atoms. The lowest BCUT2D eigenvalue weighted by Crippen LogP contribution is -2.13. The smallest absolute Gasteiger partial charge is 0.156 e. The Balaban J connectivity index is 2.10. The first kappa shape index (κ1) is 13.8. The average molecular weight is 280 g/mol. The Morgan fingerprint density at radius 1 is 1.26 bits per heavy atom. The standard InChI is InChI=1S/C13H16N2O3S/c1-18-7-8-19(16,17)11-12-9-14-15(10-12)13-5-3-2-4-6-13/h2-6,9-10H,7-8,11H2,1H3. The van der Waals surface area contributed by atoms with E-state index in [1.807, 2.05) is 30.3 Å². The van der Waals surface area contributed by atoms with E-state index in [2.05, 4.69) is 5.10 Å². The fourth-order valence-electron chi connectivity index (χ4n) is 1.69. The maximum atomic E-state index is 11.8. The van der Waals surface area contributed by atoms with E-state index in [-0.39, 0.29) is 18.1 Å². The third-order valence-corrected chi connectivity index (χ3v) is 4.20. The van der Waals surface area contributed by atoms with E-state index in [9.17, 15) is 8.42 Å². The van der Waals surface area contributed by atoms with Gasteiger partial charge in [-0.05, 0) is 12.1 Å². The van der Waals surface area contributed by atoms with Crippen LogP contribution < -0.4 is 0 Å². The Morgan fingerprint density at radius 3 is 2.68 bits per heavy atom. The lowest BCUT2D eigenvalue weighted by Gasteiger charge is -2.01. The highest BCUT2D eigenvalue weighted by molar-refractivity contribution is 7.90. The highest BCUT2D eigenvalue weighted by Gasteiger charge is 2.13. The van der Waals surface area contributed by atoms with Gasteiger partial charge in [0.1, 0.15) is 0 Å². The molecule has 1 aromatic carbocycles. The topological polar surface area (TPSA) is 61.2 Å². The van der Waals surface area contributed by atoms with Crippen molar-refractivity contribution in [3.05, 3.63) is 48.3 Å². The Hall–Kier alpha value is -1.66. The van der Waals surface area contributed by atoms with Crippen LogP contribution in [0.1, 0.15) is 5.56 Å². The maximum Gasteiger partial charge on any atom is 0.156 e. The number of hydrogen-bond donors (Lipinski definition) is 0. The van der Waals surface area contributed by atoms with E-state index < -0.39 is 9.84 Å². The maximum absolute atomic E-state index is 11.8. The first-order valence-electron chi connectivity index (χ1n) is 5.89. The van der Waals surface area contributed by atoms with Crippen LogP contribution in [0.25, 0.3) is 5.69 Å². The van der Waals surface area contributed by atoms with E-state index in [1.165, 1.54) is 7.11 Å². The van der Waals surface area contributed by atoms with Crippen LogP contribution in [-0.2, 0) is 20.3 Å². The van der Waals surface area contributed by atoms with Crippen molar-refractivity contribution in [2.24, 2.45) is 0 Å². The van der Waals surface area contributed by atoms with Crippen molar-refractivity contribution in [1.29, 1.82) is 0 Å². The van der Waals surface area contributed by atoms with Crippen LogP contribution in [0.3, 0.4) is 0 Å². The van der Waals surface area contributed by atoms with Crippen molar-refractivity contribution in [3.63, 3.8) is 0 Å². The summed E-state index contributed by atoms with van der Waals surface area (Å²) >= 11 is 0. The van der Waals surface area contributed by atoms with Gasteiger partial charge in [-0.2, -0.15) is 5.10 Å². The van der Waals surface area contributed by atoms with Crippen LogP contribution in [0.5, 0.6) is 0 Å². The highest BCUT2D eigenvalue weighted by Crippen LogP contribution is 2.10. The monoisotopic (exact) mass is 280 g/mol. The second-order valence-corrected chi connectivity index (χ2v) is 6.40. The zero-order valence-electron chi connectivity index (χ0n) is 10.7. The minimum Gasteiger partial charge on any atom is -0.384 e. The van der Waals surface area contributed by atoms with Gasteiger partial charge in [-0.3, -0.25) is 0 Å². The summed E-state index contributed by atoms with van der Waals surface area (Å²) in [6.07, 6.45) is 3.32. The number of hydrogen-bond acceptors (Lipinski definition) is 4. The number of aromatic nitrogens is 2. The Labute approximate surface area is 112 Å². The third kappa shape index (κ3) is 3.90. The Kier molecular flexibility index (Phi) is 4.34. The molecule has 0 saturated carbocycles. The molecule has 0 N–H and O–H groups in total. The largest absolute Gasteiger partial charge is 0.384 e. The molecular weight excluding hydrogens is 264 g/mol. The molecular formula is C13H16N2O3S. The molecule has 19 heavy (non-hydrogen) atoms. The predicted molar refractivity (Wildman–Crippen MR) is 72.9 cm³/mol. The van der Waals surface area contributed by atoms with Gasteiger partial charge >= 0.3 is 0 Å². The molecule has 0 unspecified atom stereocenters. The predicted octanol–water partition coefficient (Wildman–Crippen LogP) is 1.43. The second-order valence-electron chi connectivity index (χ2n) is 4.21. The first-order valence-corrected chi connectivity index (χ1v) is 7.71. The lowest BCUT2D eigenvalue weighted by atomic mass is 10.3. The molecule has 0 aliphatic heterocycles. The number of nitrogens with zero attached hydrogens (tertiary/aromatic N) is 2. The summed E-state index contributed by atoms with van der Waals surface area (Å²) in [6, 6.07) is 9.56. The Morgan fingerprint density at radius 2 is 2.00 bits per heavy atom. The minimum absolute atomic E-state index is 0.0107. The molecule has 0 atom stereocenters. The van der Waals surface area contributed by atoms with Gasteiger partial charge in [0, 0.05) is 18.9 Å². The molecule has 102 valence electrons. The fraction of sp³-hybridized carbons (Fsp3) is 0.308. The van der Waals surface area contributed by atoms with Crippen LogP contribution in [0, 0.1) is 0 Å². The van der Waals surface area contributed by atoms with E-state index in [0.29, 0.717) is 5.56 Å². The number of rotatable bonds is 6. The molecule has 0 amide bonds. The minimum atomic E-state index is -3.14. The van der Waals surface area contributed by atoms with Crippen molar-refractivity contribution in [2.45, 2.75) is 5.75 Å². The van der Waals surface area contributed by atoms with Crippen LogP contribution in [-0.4, -0.2) is 37.7 Å².